The third-order valence-electron chi connectivity index (χ3n) is 2.19. The molecule has 0 saturated carbocycles. The van der Waals surface area contributed by atoms with Crippen molar-refractivity contribution < 1.29 is 9.53 Å². The van der Waals surface area contributed by atoms with Crippen molar-refractivity contribution in [3.05, 3.63) is 30.1 Å². The van der Waals surface area contributed by atoms with Gasteiger partial charge >= 0.3 is 5.97 Å². The van der Waals surface area contributed by atoms with Crippen molar-refractivity contribution in [3.63, 3.8) is 0 Å². The van der Waals surface area contributed by atoms with E-state index in [-0.39, 0.29) is 17.8 Å². The smallest absolute Gasteiger partial charge is 0.313 e. The van der Waals surface area contributed by atoms with E-state index < -0.39 is 0 Å². The van der Waals surface area contributed by atoms with Gasteiger partial charge in [-0.3, -0.25) is 9.78 Å². The number of ether oxygens (including phenoxy) is 1. The lowest BCUT2D eigenvalue weighted by atomic mass is 9.89. The fourth-order valence-electron chi connectivity index (χ4n) is 1.49. The molecule has 1 heterocycles. The molecule has 0 spiro atoms. The van der Waals surface area contributed by atoms with Crippen LogP contribution < -0.4 is 0 Å². The molecule has 76 valence electrons. The van der Waals surface area contributed by atoms with E-state index in [0.29, 0.717) is 0 Å². The third kappa shape index (κ3) is 2.31. The molecular weight excluding hydrogens is 178 g/mol. The summed E-state index contributed by atoms with van der Waals surface area (Å²) < 4.78 is 4.77. The summed E-state index contributed by atoms with van der Waals surface area (Å²) in [5.74, 6) is -0.154. The van der Waals surface area contributed by atoms with Gasteiger partial charge in [-0.25, -0.2) is 0 Å². The summed E-state index contributed by atoms with van der Waals surface area (Å²) in [4.78, 5) is 15.4. The summed E-state index contributed by atoms with van der Waals surface area (Å²) >= 11 is 0. The van der Waals surface area contributed by atoms with Crippen LogP contribution in [-0.4, -0.2) is 18.1 Å². The van der Waals surface area contributed by atoms with Gasteiger partial charge in [-0.1, -0.05) is 13.8 Å². The van der Waals surface area contributed by atoms with Crippen LogP contribution in [0.3, 0.4) is 0 Å². The molecule has 0 bridgehead atoms. The molecule has 1 rings (SSSR count). The number of carbonyl (C=O) groups excluding carboxylic acids is 1. The molecule has 1 aromatic rings. The van der Waals surface area contributed by atoms with Crippen molar-refractivity contribution in [3.8, 4) is 0 Å². The molecule has 1 unspecified atom stereocenters. The Morgan fingerprint density at radius 1 is 1.36 bits per heavy atom. The Hall–Kier alpha value is -1.38. The van der Waals surface area contributed by atoms with E-state index in [4.69, 9.17) is 4.74 Å². The first-order valence-electron chi connectivity index (χ1n) is 4.64. The second-order valence-corrected chi connectivity index (χ2v) is 3.53. The monoisotopic (exact) mass is 193 g/mol. The van der Waals surface area contributed by atoms with E-state index in [1.807, 2.05) is 26.0 Å². The van der Waals surface area contributed by atoms with E-state index in [1.165, 1.54) is 7.11 Å². The van der Waals surface area contributed by atoms with Crippen LogP contribution in [0.5, 0.6) is 0 Å². The van der Waals surface area contributed by atoms with Crippen LogP contribution in [0.1, 0.15) is 25.3 Å². The van der Waals surface area contributed by atoms with Gasteiger partial charge in [0.15, 0.2) is 0 Å². The first-order chi connectivity index (χ1) is 6.66. The largest absolute Gasteiger partial charge is 0.469 e. The van der Waals surface area contributed by atoms with E-state index in [1.54, 1.807) is 12.4 Å². The molecule has 0 aliphatic carbocycles. The molecular formula is C11H15NO2. The van der Waals surface area contributed by atoms with E-state index in [2.05, 4.69) is 4.98 Å². The van der Waals surface area contributed by atoms with Gasteiger partial charge in [-0.05, 0) is 23.6 Å². The molecule has 3 nitrogen and oxygen atoms in total. The molecule has 14 heavy (non-hydrogen) atoms. The summed E-state index contributed by atoms with van der Waals surface area (Å²) in [5.41, 5.74) is 0.960. The third-order valence-corrected chi connectivity index (χ3v) is 2.19. The zero-order valence-electron chi connectivity index (χ0n) is 8.73. The first-order valence-corrected chi connectivity index (χ1v) is 4.64. The predicted molar refractivity (Wildman–Crippen MR) is 53.8 cm³/mol. The Balaban J connectivity index is 2.95. The minimum atomic E-state index is -0.192. The lowest BCUT2D eigenvalue weighted by molar-refractivity contribution is -0.143. The van der Waals surface area contributed by atoms with Crippen LogP contribution in [-0.2, 0) is 9.53 Å². The number of hydrogen-bond donors (Lipinski definition) is 0. The summed E-state index contributed by atoms with van der Waals surface area (Å²) in [6.07, 6.45) is 3.38. The highest BCUT2D eigenvalue weighted by atomic mass is 16.5. The maximum atomic E-state index is 11.5. The predicted octanol–water partition coefficient (Wildman–Crippen LogP) is 1.99. The highest BCUT2D eigenvalue weighted by Gasteiger charge is 2.24. The molecule has 1 atom stereocenters. The van der Waals surface area contributed by atoms with E-state index in [0.717, 1.165) is 5.56 Å². The van der Waals surface area contributed by atoms with Crippen molar-refractivity contribution in [1.82, 2.24) is 4.98 Å². The maximum Gasteiger partial charge on any atom is 0.313 e. The minimum absolute atomic E-state index is 0.189. The fraction of sp³-hybridized carbons (Fsp3) is 0.455. The number of methoxy groups -OCH3 is 1. The van der Waals surface area contributed by atoms with Crippen molar-refractivity contribution in [2.24, 2.45) is 5.92 Å². The summed E-state index contributed by atoms with van der Waals surface area (Å²) in [6.45, 7) is 4.00. The number of pyridine rings is 1. The normalized spacial score (nSPS) is 12.6. The average Bonchev–Trinajstić information content (AvgIpc) is 2.19. The zero-order chi connectivity index (χ0) is 10.6. The van der Waals surface area contributed by atoms with Crippen LogP contribution in [0.4, 0.5) is 0 Å². The van der Waals surface area contributed by atoms with Gasteiger partial charge in [0.1, 0.15) is 0 Å². The molecule has 0 radical (unpaired) electrons. The number of carbonyl (C=O) groups is 1. The Morgan fingerprint density at radius 3 is 2.36 bits per heavy atom. The van der Waals surface area contributed by atoms with E-state index >= 15 is 0 Å². The quantitative estimate of drug-likeness (QED) is 0.689. The minimum Gasteiger partial charge on any atom is -0.469 e. The molecule has 0 N–H and O–H groups in total. The Morgan fingerprint density at radius 2 is 1.93 bits per heavy atom. The zero-order valence-corrected chi connectivity index (χ0v) is 8.73. The molecule has 0 fully saturated rings. The van der Waals surface area contributed by atoms with Crippen LogP contribution in [0.2, 0.25) is 0 Å². The second-order valence-electron chi connectivity index (χ2n) is 3.53. The summed E-state index contributed by atoms with van der Waals surface area (Å²) in [7, 11) is 1.42. The van der Waals surface area contributed by atoms with Crippen molar-refractivity contribution in [1.29, 1.82) is 0 Å². The van der Waals surface area contributed by atoms with Gasteiger partial charge in [0.05, 0.1) is 13.0 Å². The fourth-order valence-corrected chi connectivity index (χ4v) is 1.49. The standard InChI is InChI=1S/C11H15NO2/c1-8(2)10(11(13)14-3)9-4-6-12-7-5-9/h4-8,10H,1-3H3. The summed E-state index contributed by atoms with van der Waals surface area (Å²) in [6, 6.07) is 3.70. The van der Waals surface area contributed by atoms with Crippen molar-refractivity contribution >= 4 is 5.97 Å². The lowest BCUT2D eigenvalue weighted by Gasteiger charge is -2.18. The molecule has 0 saturated heterocycles. The number of rotatable bonds is 3. The Labute approximate surface area is 84.1 Å². The van der Waals surface area contributed by atoms with Gasteiger partial charge in [-0.2, -0.15) is 0 Å². The highest BCUT2D eigenvalue weighted by Crippen LogP contribution is 2.24. The SMILES string of the molecule is COC(=O)C(c1ccncc1)C(C)C. The molecule has 1 aromatic heterocycles. The van der Waals surface area contributed by atoms with Crippen LogP contribution >= 0.6 is 0 Å². The van der Waals surface area contributed by atoms with Crippen molar-refractivity contribution in [2.45, 2.75) is 19.8 Å². The van der Waals surface area contributed by atoms with Crippen LogP contribution in [0.25, 0.3) is 0 Å². The molecule has 0 amide bonds. The first kappa shape index (κ1) is 10.7. The van der Waals surface area contributed by atoms with Gasteiger partial charge in [0.2, 0.25) is 0 Å². The van der Waals surface area contributed by atoms with Gasteiger partial charge in [0, 0.05) is 12.4 Å². The van der Waals surface area contributed by atoms with Crippen molar-refractivity contribution in [2.75, 3.05) is 7.11 Å². The summed E-state index contributed by atoms with van der Waals surface area (Å²) in [5, 5.41) is 0. The number of hydrogen-bond acceptors (Lipinski definition) is 3. The molecule has 3 heteroatoms. The van der Waals surface area contributed by atoms with Gasteiger partial charge in [0.25, 0.3) is 0 Å². The van der Waals surface area contributed by atoms with Gasteiger partial charge < -0.3 is 4.74 Å². The molecule has 0 aromatic carbocycles. The maximum absolute atomic E-state index is 11.5. The average molecular weight is 193 g/mol. The number of esters is 1. The highest BCUT2D eigenvalue weighted by molar-refractivity contribution is 5.78. The second kappa shape index (κ2) is 4.74. The van der Waals surface area contributed by atoms with Crippen LogP contribution in [0.15, 0.2) is 24.5 Å². The number of nitrogens with zero attached hydrogens (tertiary/aromatic N) is 1. The van der Waals surface area contributed by atoms with Gasteiger partial charge in [-0.15, -0.1) is 0 Å². The number of aromatic nitrogens is 1. The Kier molecular flexibility index (Phi) is 3.63. The molecule has 0 aliphatic heterocycles. The van der Waals surface area contributed by atoms with Crippen LogP contribution in [0, 0.1) is 5.92 Å². The topological polar surface area (TPSA) is 39.2 Å². The van der Waals surface area contributed by atoms with E-state index in [9.17, 15) is 4.79 Å². The molecule has 0 aliphatic rings. The Bertz CT molecular complexity index is 295. The lowest BCUT2D eigenvalue weighted by Crippen LogP contribution is -2.19.